The Kier molecular flexibility index (Phi) is 18.2. The lowest BCUT2D eigenvalue weighted by Crippen LogP contribution is -2.58. The first kappa shape index (κ1) is 37.1. The lowest BCUT2D eigenvalue weighted by Gasteiger charge is -2.39. The number of carbonyl (C=O) groups is 3. The van der Waals surface area contributed by atoms with Gasteiger partial charge in [-0.3, -0.25) is 19.3 Å². The normalized spacial score (nSPS) is 18.0. The van der Waals surface area contributed by atoms with Crippen LogP contribution in [0.15, 0.2) is 11.6 Å². The van der Waals surface area contributed by atoms with E-state index in [9.17, 15) is 14.4 Å². The first-order valence-corrected chi connectivity index (χ1v) is 16.7. The maximum absolute atomic E-state index is 13.8. The Labute approximate surface area is 252 Å². The fourth-order valence-corrected chi connectivity index (χ4v) is 5.84. The molecule has 0 saturated carbocycles. The topological polar surface area (TPSA) is 81.8 Å². The van der Waals surface area contributed by atoms with E-state index in [0.29, 0.717) is 12.1 Å². The molecule has 0 aromatic heterocycles. The van der Waals surface area contributed by atoms with Crippen LogP contribution in [0.2, 0.25) is 0 Å². The summed E-state index contributed by atoms with van der Waals surface area (Å²) in [5.41, 5.74) is 0.624. The van der Waals surface area contributed by atoms with Crippen molar-refractivity contribution >= 4 is 17.7 Å². The van der Waals surface area contributed by atoms with E-state index in [1.54, 1.807) is 11.9 Å². The predicted molar refractivity (Wildman–Crippen MR) is 172 cm³/mol. The van der Waals surface area contributed by atoms with Gasteiger partial charge in [0.2, 0.25) is 17.7 Å². The Morgan fingerprint density at radius 3 is 2.00 bits per heavy atom. The third kappa shape index (κ3) is 13.3. The van der Waals surface area contributed by atoms with Crippen molar-refractivity contribution in [1.82, 2.24) is 20.4 Å². The summed E-state index contributed by atoms with van der Waals surface area (Å²) in [5.74, 6) is -0.179. The van der Waals surface area contributed by atoms with Crippen molar-refractivity contribution in [3.05, 3.63) is 11.6 Å². The molecule has 7 nitrogen and oxygen atoms in total. The zero-order chi connectivity index (χ0) is 30.9. The fourth-order valence-electron chi connectivity index (χ4n) is 5.84. The second kappa shape index (κ2) is 20.1. The summed E-state index contributed by atoms with van der Waals surface area (Å²) in [6, 6.07) is -0.771. The molecule has 0 aromatic rings. The monoisotopic (exact) mass is 576 g/mol. The van der Waals surface area contributed by atoms with Gasteiger partial charge >= 0.3 is 0 Å². The van der Waals surface area contributed by atoms with Crippen LogP contribution in [0.4, 0.5) is 0 Å². The largest absolute Gasteiger partial charge is 0.352 e. The van der Waals surface area contributed by atoms with Crippen LogP contribution < -0.4 is 10.6 Å². The van der Waals surface area contributed by atoms with Crippen LogP contribution >= 0.6 is 0 Å². The first-order chi connectivity index (χ1) is 19.4. The minimum absolute atomic E-state index is 0.0532. The van der Waals surface area contributed by atoms with Crippen molar-refractivity contribution in [3.8, 4) is 0 Å². The maximum atomic E-state index is 13.8. The summed E-state index contributed by atoms with van der Waals surface area (Å²) in [4.78, 5) is 43.9. The minimum Gasteiger partial charge on any atom is -0.352 e. The summed E-state index contributed by atoms with van der Waals surface area (Å²) in [5, 5.41) is 6.17. The van der Waals surface area contributed by atoms with E-state index in [1.165, 1.54) is 44.9 Å². The Balaban J connectivity index is 2.72. The van der Waals surface area contributed by atoms with Crippen LogP contribution in [-0.2, 0) is 14.4 Å². The Morgan fingerprint density at radius 2 is 1.46 bits per heavy atom. The highest BCUT2D eigenvalue weighted by Gasteiger charge is 2.36. The lowest BCUT2D eigenvalue weighted by atomic mass is 9.95. The van der Waals surface area contributed by atoms with Gasteiger partial charge in [0.15, 0.2) is 0 Å². The molecule has 3 atom stereocenters. The van der Waals surface area contributed by atoms with E-state index in [2.05, 4.69) is 50.2 Å². The zero-order valence-electron chi connectivity index (χ0n) is 28.1. The molecule has 0 bridgehead atoms. The van der Waals surface area contributed by atoms with E-state index in [-0.39, 0.29) is 47.7 Å². The quantitative estimate of drug-likeness (QED) is 0.136. The van der Waals surface area contributed by atoms with Crippen LogP contribution in [0.1, 0.15) is 132 Å². The predicted octanol–water partition coefficient (Wildman–Crippen LogP) is 6.47. The van der Waals surface area contributed by atoms with E-state index < -0.39 is 6.04 Å². The SMILES string of the molecule is CCCCCCCCCCCNC(=O)C(C)=C[C@H](C(C)C)N(C)C(=O)[C@@H](NC(=O)[C@H]1CCCCN1C(C)C)C(C)C. The molecule has 41 heavy (non-hydrogen) atoms. The summed E-state index contributed by atoms with van der Waals surface area (Å²) >= 11 is 0. The Hall–Kier alpha value is -1.89. The number of rotatable bonds is 19. The highest BCUT2D eigenvalue weighted by atomic mass is 16.2. The molecule has 1 rings (SSSR count). The molecule has 1 saturated heterocycles. The van der Waals surface area contributed by atoms with Gasteiger partial charge in [-0.15, -0.1) is 0 Å². The fraction of sp³-hybridized carbons (Fsp3) is 0.853. The van der Waals surface area contributed by atoms with Crippen LogP contribution in [0.3, 0.4) is 0 Å². The van der Waals surface area contributed by atoms with Gasteiger partial charge in [0.25, 0.3) is 0 Å². The van der Waals surface area contributed by atoms with Crippen molar-refractivity contribution in [3.63, 3.8) is 0 Å². The van der Waals surface area contributed by atoms with Crippen LogP contribution in [-0.4, -0.2) is 71.8 Å². The molecule has 1 aliphatic rings. The molecule has 1 fully saturated rings. The highest BCUT2D eigenvalue weighted by molar-refractivity contribution is 5.93. The van der Waals surface area contributed by atoms with Gasteiger partial charge in [0.1, 0.15) is 6.04 Å². The Morgan fingerprint density at radius 1 is 0.878 bits per heavy atom. The summed E-state index contributed by atoms with van der Waals surface area (Å²) in [7, 11) is 1.79. The molecule has 2 N–H and O–H groups in total. The average Bonchev–Trinajstić information content (AvgIpc) is 2.93. The van der Waals surface area contributed by atoms with E-state index >= 15 is 0 Å². The second-order valence-corrected chi connectivity index (χ2v) is 13.2. The van der Waals surface area contributed by atoms with Gasteiger partial charge in [0, 0.05) is 25.2 Å². The molecule has 0 aliphatic carbocycles. The molecule has 0 spiro atoms. The van der Waals surface area contributed by atoms with E-state index in [1.807, 2.05) is 26.8 Å². The second-order valence-electron chi connectivity index (χ2n) is 13.2. The van der Waals surface area contributed by atoms with Crippen molar-refractivity contribution in [2.24, 2.45) is 11.8 Å². The number of nitrogens with zero attached hydrogens (tertiary/aromatic N) is 2. The Bertz CT molecular complexity index is 808. The molecular formula is C34H64N4O3. The van der Waals surface area contributed by atoms with Gasteiger partial charge in [-0.05, 0) is 58.4 Å². The number of nitrogens with one attached hydrogen (secondary N) is 2. The molecule has 0 unspecified atom stereocenters. The molecule has 0 aromatic carbocycles. The number of likely N-dealkylation sites (tertiary alicyclic amines) is 1. The standard InChI is InChI=1S/C34H64N4O3/c1-10-11-12-13-14-15-16-17-19-22-35-32(39)28(8)24-30(25(2)3)37(9)34(41)31(26(4)5)36-33(40)29-21-18-20-23-38(29)27(6)7/h24-27,29-31H,10-23H2,1-9H3,(H,35,39)(H,36,40)/t29-,30-,31+/m1/s1. The van der Waals surface area contributed by atoms with Gasteiger partial charge in [-0.25, -0.2) is 0 Å². The minimum atomic E-state index is -0.612. The smallest absolute Gasteiger partial charge is 0.246 e. The summed E-state index contributed by atoms with van der Waals surface area (Å²) in [6.45, 7) is 18.0. The summed E-state index contributed by atoms with van der Waals surface area (Å²) in [6.07, 6.45) is 16.1. The third-order valence-electron chi connectivity index (χ3n) is 8.56. The molecule has 0 radical (unpaired) electrons. The molecule has 1 heterocycles. The third-order valence-corrected chi connectivity index (χ3v) is 8.56. The van der Waals surface area contributed by atoms with Crippen LogP contribution in [0, 0.1) is 11.8 Å². The van der Waals surface area contributed by atoms with Gasteiger partial charge in [-0.2, -0.15) is 0 Å². The first-order valence-electron chi connectivity index (χ1n) is 16.7. The van der Waals surface area contributed by atoms with Crippen molar-refractivity contribution in [1.29, 1.82) is 0 Å². The van der Waals surface area contributed by atoms with Gasteiger partial charge < -0.3 is 15.5 Å². The molecule has 7 heteroatoms. The number of likely N-dealkylation sites (N-methyl/N-ethyl adjacent to an activating group) is 1. The number of amides is 3. The molecule has 3 amide bonds. The van der Waals surface area contributed by atoms with Gasteiger partial charge in [0.05, 0.1) is 12.1 Å². The number of unbranched alkanes of at least 4 members (excludes halogenated alkanes) is 8. The van der Waals surface area contributed by atoms with Crippen LogP contribution in [0.25, 0.3) is 0 Å². The van der Waals surface area contributed by atoms with E-state index in [4.69, 9.17) is 0 Å². The zero-order valence-corrected chi connectivity index (χ0v) is 28.1. The van der Waals surface area contributed by atoms with Crippen LogP contribution in [0.5, 0.6) is 0 Å². The number of hydrogen-bond acceptors (Lipinski definition) is 4. The number of hydrogen-bond donors (Lipinski definition) is 2. The maximum Gasteiger partial charge on any atom is 0.246 e. The van der Waals surface area contributed by atoms with Crippen molar-refractivity contribution in [2.75, 3.05) is 20.1 Å². The molecule has 1 aliphatic heterocycles. The van der Waals surface area contributed by atoms with Gasteiger partial charge in [-0.1, -0.05) is 98.5 Å². The number of carbonyl (C=O) groups excluding carboxylic acids is 3. The molecule has 238 valence electrons. The average molecular weight is 577 g/mol. The molecular weight excluding hydrogens is 512 g/mol. The number of piperidine rings is 1. The van der Waals surface area contributed by atoms with Crippen molar-refractivity contribution < 1.29 is 14.4 Å². The lowest BCUT2D eigenvalue weighted by molar-refractivity contribution is -0.140. The van der Waals surface area contributed by atoms with E-state index in [0.717, 1.165) is 38.6 Å². The summed E-state index contributed by atoms with van der Waals surface area (Å²) < 4.78 is 0. The van der Waals surface area contributed by atoms with Crippen molar-refractivity contribution in [2.45, 2.75) is 157 Å². The highest BCUT2D eigenvalue weighted by Crippen LogP contribution is 2.21.